The minimum absolute atomic E-state index is 0.000334. The molecule has 2 rings (SSSR count). The molecule has 0 aliphatic rings. The van der Waals surface area contributed by atoms with Crippen molar-refractivity contribution >= 4 is 11.7 Å². The number of benzene rings is 1. The standard InChI is InChI=1S/C15H17N3O5/c1-22-12(23-2)8-18-13(9-3-5-10(16)6-4-9)17-7-11(14(18)19)15(20)21/h3-7,12H,8,16H2,1-2H3,(H,20,21). The minimum atomic E-state index is -1.34. The fourth-order valence-electron chi connectivity index (χ4n) is 2.07. The van der Waals surface area contributed by atoms with Crippen molar-refractivity contribution in [2.24, 2.45) is 0 Å². The van der Waals surface area contributed by atoms with Gasteiger partial charge in [-0.15, -0.1) is 0 Å². The molecule has 0 atom stereocenters. The van der Waals surface area contributed by atoms with Crippen LogP contribution in [0.15, 0.2) is 35.3 Å². The normalized spacial score (nSPS) is 10.9. The molecule has 0 bridgehead atoms. The number of carboxylic acids is 1. The van der Waals surface area contributed by atoms with E-state index >= 15 is 0 Å². The van der Waals surface area contributed by atoms with Crippen molar-refractivity contribution < 1.29 is 19.4 Å². The molecule has 8 nitrogen and oxygen atoms in total. The van der Waals surface area contributed by atoms with Gasteiger partial charge in [0.15, 0.2) is 6.29 Å². The SMILES string of the molecule is COC(Cn1c(-c2ccc(N)cc2)ncc(C(=O)O)c1=O)OC. The maximum atomic E-state index is 12.4. The highest BCUT2D eigenvalue weighted by Crippen LogP contribution is 2.18. The van der Waals surface area contributed by atoms with Crippen LogP contribution in [0, 0.1) is 0 Å². The summed E-state index contributed by atoms with van der Waals surface area (Å²) < 4.78 is 11.4. The van der Waals surface area contributed by atoms with Crippen molar-refractivity contribution in [2.75, 3.05) is 20.0 Å². The summed E-state index contributed by atoms with van der Waals surface area (Å²) >= 11 is 0. The lowest BCUT2D eigenvalue weighted by molar-refractivity contribution is -0.111. The van der Waals surface area contributed by atoms with Crippen LogP contribution in [-0.2, 0) is 16.0 Å². The molecule has 0 unspecified atom stereocenters. The van der Waals surface area contributed by atoms with E-state index in [4.69, 9.17) is 20.3 Å². The number of carboxylic acid groups (broad SMARTS) is 1. The Labute approximate surface area is 132 Å². The molecule has 1 heterocycles. The van der Waals surface area contributed by atoms with Crippen LogP contribution in [0.2, 0.25) is 0 Å². The van der Waals surface area contributed by atoms with Crippen molar-refractivity contribution in [2.45, 2.75) is 12.8 Å². The van der Waals surface area contributed by atoms with E-state index in [2.05, 4.69) is 4.98 Å². The Morgan fingerprint density at radius 3 is 2.43 bits per heavy atom. The molecule has 0 spiro atoms. The van der Waals surface area contributed by atoms with Crippen LogP contribution < -0.4 is 11.3 Å². The third-order valence-electron chi connectivity index (χ3n) is 3.30. The average molecular weight is 319 g/mol. The topological polar surface area (TPSA) is 117 Å². The summed E-state index contributed by atoms with van der Waals surface area (Å²) in [4.78, 5) is 27.7. The van der Waals surface area contributed by atoms with E-state index in [1.165, 1.54) is 18.8 Å². The number of nitrogens with zero attached hydrogens (tertiary/aromatic N) is 2. The number of methoxy groups -OCH3 is 2. The number of carbonyl (C=O) groups is 1. The number of nitrogens with two attached hydrogens (primary N) is 1. The molecule has 0 aliphatic carbocycles. The summed E-state index contributed by atoms with van der Waals surface area (Å²) in [5, 5.41) is 9.10. The fourth-order valence-corrected chi connectivity index (χ4v) is 2.07. The molecule has 0 saturated carbocycles. The average Bonchev–Trinajstić information content (AvgIpc) is 2.54. The van der Waals surface area contributed by atoms with E-state index < -0.39 is 23.4 Å². The minimum Gasteiger partial charge on any atom is -0.477 e. The third-order valence-corrected chi connectivity index (χ3v) is 3.30. The summed E-state index contributed by atoms with van der Waals surface area (Å²) in [6.07, 6.45) is 0.327. The third kappa shape index (κ3) is 3.55. The van der Waals surface area contributed by atoms with Gasteiger partial charge in [-0.25, -0.2) is 9.78 Å². The zero-order valence-corrected chi connectivity index (χ0v) is 12.7. The largest absolute Gasteiger partial charge is 0.477 e. The Bertz CT molecular complexity index is 751. The first-order valence-electron chi connectivity index (χ1n) is 6.72. The molecule has 8 heteroatoms. The fraction of sp³-hybridized carbons (Fsp3) is 0.267. The van der Waals surface area contributed by atoms with Crippen LogP contribution in [0.5, 0.6) is 0 Å². The second kappa shape index (κ2) is 7.03. The lowest BCUT2D eigenvalue weighted by Gasteiger charge is -2.18. The molecular weight excluding hydrogens is 302 g/mol. The van der Waals surface area contributed by atoms with Crippen LogP contribution in [0.4, 0.5) is 5.69 Å². The molecule has 23 heavy (non-hydrogen) atoms. The quantitative estimate of drug-likeness (QED) is 0.597. The van der Waals surface area contributed by atoms with Gasteiger partial charge in [-0.1, -0.05) is 0 Å². The number of rotatable bonds is 6. The van der Waals surface area contributed by atoms with Crippen LogP contribution in [0.3, 0.4) is 0 Å². The van der Waals surface area contributed by atoms with Crippen molar-refractivity contribution in [3.05, 3.63) is 46.4 Å². The predicted molar refractivity (Wildman–Crippen MR) is 83.1 cm³/mol. The summed E-state index contributed by atoms with van der Waals surface area (Å²) in [5.74, 6) is -1.04. The molecule has 0 saturated heterocycles. The summed E-state index contributed by atoms with van der Waals surface area (Å²) in [7, 11) is 2.85. The van der Waals surface area contributed by atoms with Gasteiger partial charge >= 0.3 is 5.97 Å². The summed E-state index contributed by atoms with van der Waals surface area (Å²) in [6, 6.07) is 6.73. The van der Waals surface area contributed by atoms with Crippen molar-refractivity contribution in [1.82, 2.24) is 9.55 Å². The van der Waals surface area contributed by atoms with Gasteiger partial charge in [-0.2, -0.15) is 0 Å². The number of aromatic carboxylic acids is 1. The number of ether oxygens (including phenoxy) is 2. The molecule has 0 radical (unpaired) electrons. The molecule has 0 amide bonds. The Balaban J connectivity index is 2.61. The van der Waals surface area contributed by atoms with Crippen LogP contribution in [0.1, 0.15) is 10.4 Å². The smallest absolute Gasteiger partial charge is 0.342 e. The highest BCUT2D eigenvalue weighted by atomic mass is 16.7. The van der Waals surface area contributed by atoms with Gasteiger partial charge in [-0.05, 0) is 24.3 Å². The van der Waals surface area contributed by atoms with E-state index in [1.54, 1.807) is 24.3 Å². The monoisotopic (exact) mass is 319 g/mol. The van der Waals surface area contributed by atoms with E-state index in [0.717, 1.165) is 6.20 Å². The van der Waals surface area contributed by atoms with E-state index in [1.807, 2.05) is 0 Å². The Hall–Kier alpha value is -2.71. The van der Waals surface area contributed by atoms with Crippen LogP contribution >= 0.6 is 0 Å². The van der Waals surface area contributed by atoms with Gasteiger partial charge in [-0.3, -0.25) is 9.36 Å². The number of anilines is 1. The highest BCUT2D eigenvalue weighted by molar-refractivity contribution is 5.87. The zero-order valence-electron chi connectivity index (χ0n) is 12.7. The first-order valence-corrected chi connectivity index (χ1v) is 6.72. The number of hydrogen-bond acceptors (Lipinski definition) is 6. The molecule has 0 fully saturated rings. The van der Waals surface area contributed by atoms with E-state index in [9.17, 15) is 9.59 Å². The second-order valence-electron chi connectivity index (χ2n) is 4.74. The van der Waals surface area contributed by atoms with Gasteiger partial charge in [0.25, 0.3) is 5.56 Å². The molecule has 2 aromatic rings. The Kier molecular flexibility index (Phi) is 5.09. The molecule has 0 aliphatic heterocycles. The van der Waals surface area contributed by atoms with Crippen LogP contribution in [-0.4, -0.2) is 41.1 Å². The first kappa shape index (κ1) is 16.7. The van der Waals surface area contributed by atoms with Crippen molar-refractivity contribution in [3.63, 3.8) is 0 Å². The molecular formula is C15H17N3O5. The maximum Gasteiger partial charge on any atom is 0.342 e. The van der Waals surface area contributed by atoms with Crippen molar-refractivity contribution in [3.8, 4) is 11.4 Å². The Morgan fingerprint density at radius 2 is 1.91 bits per heavy atom. The number of nitrogen functional groups attached to an aromatic ring is 1. The lowest BCUT2D eigenvalue weighted by atomic mass is 10.2. The summed E-state index contributed by atoms with van der Waals surface area (Å²) in [5.41, 5.74) is 5.74. The zero-order chi connectivity index (χ0) is 17.0. The predicted octanol–water partition coefficient (Wildman–Crippen LogP) is 0.810. The lowest BCUT2D eigenvalue weighted by Crippen LogP contribution is -2.33. The highest BCUT2D eigenvalue weighted by Gasteiger charge is 2.19. The van der Waals surface area contributed by atoms with Gasteiger partial charge in [0.1, 0.15) is 11.4 Å². The van der Waals surface area contributed by atoms with Gasteiger partial charge in [0, 0.05) is 31.7 Å². The summed E-state index contributed by atoms with van der Waals surface area (Å²) in [6.45, 7) is -0.000334. The molecule has 1 aromatic heterocycles. The first-order chi connectivity index (χ1) is 11.0. The van der Waals surface area contributed by atoms with E-state index in [-0.39, 0.29) is 6.54 Å². The molecule has 1 aromatic carbocycles. The molecule has 122 valence electrons. The van der Waals surface area contributed by atoms with Crippen molar-refractivity contribution in [1.29, 1.82) is 0 Å². The van der Waals surface area contributed by atoms with E-state index in [0.29, 0.717) is 17.1 Å². The maximum absolute atomic E-state index is 12.4. The second-order valence-corrected chi connectivity index (χ2v) is 4.74. The number of aromatic nitrogens is 2. The van der Waals surface area contributed by atoms with Gasteiger partial charge < -0.3 is 20.3 Å². The Morgan fingerprint density at radius 1 is 1.30 bits per heavy atom. The van der Waals surface area contributed by atoms with Gasteiger partial charge in [0.05, 0.1) is 6.54 Å². The van der Waals surface area contributed by atoms with Crippen LogP contribution in [0.25, 0.3) is 11.4 Å². The molecule has 3 N–H and O–H groups in total. The number of hydrogen-bond donors (Lipinski definition) is 2. The van der Waals surface area contributed by atoms with Gasteiger partial charge in [0.2, 0.25) is 0 Å².